The van der Waals surface area contributed by atoms with E-state index in [4.69, 9.17) is 24.9 Å². The van der Waals surface area contributed by atoms with E-state index >= 15 is 0 Å². The van der Waals surface area contributed by atoms with Gasteiger partial charge >= 0.3 is 0 Å². The van der Waals surface area contributed by atoms with Crippen LogP contribution in [0, 0.1) is 0 Å². The highest BCUT2D eigenvalue weighted by molar-refractivity contribution is 9.10. The molecule has 33 heavy (non-hydrogen) atoms. The number of methoxy groups -OCH3 is 2. The molecule has 3 rings (SSSR count). The number of nitrogens with two attached hydrogens (primary N) is 1. The van der Waals surface area contributed by atoms with Gasteiger partial charge in [0.15, 0.2) is 18.1 Å². The number of primary amides is 1. The third-order valence-electron chi connectivity index (χ3n) is 5.05. The number of nitrogens with zero attached hydrogens (tertiary/aromatic N) is 3. The van der Waals surface area contributed by atoms with Crippen molar-refractivity contribution < 1.29 is 19.0 Å². The van der Waals surface area contributed by atoms with E-state index in [9.17, 15) is 9.59 Å². The van der Waals surface area contributed by atoms with Gasteiger partial charge in [0.2, 0.25) is 5.75 Å². The zero-order chi connectivity index (χ0) is 24.1. The minimum absolute atomic E-state index is 0.0107. The quantitative estimate of drug-likeness (QED) is 0.435. The Morgan fingerprint density at radius 2 is 1.91 bits per heavy atom. The highest BCUT2D eigenvalue weighted by atomic mass is 79.9. The molecule has 1 aromatic heterocycles. The van der Waals surface area contributed by atoms with Gasteiger partial charge in [-0.3, -0.25) is 9.59 Å². The third-order valence-corrected chi connectivity index (χ3v) is 5.54. The second-order valence-corrected chi connectivity index (χ2v) is 8.23. The molecule has 0 aliphatic heterocycles. The first-order chi connectivity index (χ1) is 15.8. The maximum absolute atomic E-state index is 13.3. The summed E-state index contributed by atoms with van der Waals surface area (Å²) in [5.74, 6) is 0.840. The van der Waals surface area contributed by atoms with Crippen LogP contribution >= 0.6 is 15.9 Å². The van der Waals surface area contributed by atoms with Crippen molar-refractivity contribution >= 4 is 39.0 Å². The minimum atomic E-state index is -0.628. The molecule has 0 aliphatic carbocycles. The first-order valence-corrected chi connectivity index (χ1v) is 11.0. The van der Waals surface area contributed by atoms with Gasteiger partial charge in [-0.2, -0.15) is 9.78 Å². The van der Waals surface area contributed by atoms with Crippen molar-refractivity contribution in [1.29, 1.82) is 0 Å². The van der Waals surface area contributed by atoms with Gasteiger partial charge in [0.25, 0.3) is 11.5 Å². The van der Waals surface area contributed by atoms with Gasteiger partial charge in [0.05, 0.1) is 31.3 Å². The molecule has 174 valence electrons. The van der Waals surface area contributed by atoms with Crippen molar-refractivity contribution in [1.82, 2.24) is 9.66 Å². The van der Waals surface area contributed by atoms with Crippen LogP contribution in [0.25, 0.3) is 10.9 Å². The fourth-order valence-electron chi connectivity index (χ4n) is 3.16. The van der Waals surface area contributed by atoms with E-state index in [0.29, 0.717) is 33.8 Å². The molecule has 0 saturated carbocycles. The van der Waals surface area contributed by atoms with Gasteiger partial charge in [-0.1, -0.05) is 29.8 Å². The first kappa shape index (κ1) is 24.2. The highest BCUT2D eigenvalue weighted by Crippen LogP contribution is 2.38. The number of benzene rings is 2. The van der Waals surface area contributed by atoms with Gasteiger partial charge in [0, 0.05) is 16.0 Å². The number of fused-ring (bicyclic) bond motifs is 1. The summed E-state index contributed by atoms with van der Waals surface area (Å²) in [7, 11) is 2.92. The average Bonchev–Trinajstić information content (AvgIpc) is 2.81. The third kappa shape index (κ3) is 5.33. The Morgan fingerprint density at radius 3 is 2.48 bits per heavy atom. The average molecular weight is 517 g/mol. The van der Waals surface area contributed by atoms with Crippen LogP contribution < -0.4 is 25.5 Å². The minimum Gasteiger partial charge on any atom is -0.493 e. The standard InChI is InChI=1S/C23H25BrN4O5/c1-5-13(2)22-27-17-7-6-15(24)10-16(17)23(30)28(22)26-11-14-8-18(31-3)21(19(9-14)32-4)33-12-20(25)29/h6-11,13H,5,12H2,1-4H3,(H2,25,29)/t13-/m1/s1. The number of rotatable bonds is 9. The van der Waals surface area contributed by atoms with Crippen LogP contribution in [0.15, 0.2) is 44.7 Å². The second kappa shape index (κ2) is 10.5. The Bertz CT molecular complexity index is 1250. The fraction of sp³-hybridized carbons (Fsp3) is 0.304. The molecule has 2 aromatic carbocycles. The summed E-state index contributed by atoms with van der Waals surface area (Å²) >= 11 is 3.41. The molecule has 1 atom stereocenters. The lowest BCUT2D eigenvalue weighted by molar-refractivity contribution is -0.120. The zero-order valence-corrected chi connectivity index (χ0v) is 20.4. The van der Waals surface area contributed by atoms with E-state index in [1.165, 1.54) is 25.1 Å². The van der Waals surface area contributed by atoms with Crippen molar-refractivity contribution in [2.75, 3.05) is 20.8 Å². The molecule has 9 nitrogen and oxygen atoms in total. The van der Waals surface area contributed by atoms with Crippen LogP contribution in [0.2, 0.25) is 0 Å². The lowest BCUT2D eigenvalue weighted by atomic mass is 10.1. The second-order valence-electron chi connectivity index (χ2n) is 7.31. The van der Waals surface area contributed by atoms with Crippen molar-refractivity contribution in [3.8, 4) is 17.2 Å². The molecule has 0 unspecified atom stereocenters. The summed E-state index contributed by atoms with van der Waals surface area (Å²) in [6, 6.07) is 8.70. The molecule has 1 heterocycles. The fourth-order valence-corrected chi connectivity index (χ4v) is 3.52. The molecule has 0 saturated heterocycles. The van der Waals surface area contributed by atoms with E-state index in [0.717, 1.165) is 10.9 Å². The topological polar surface area (TPSA) is 118 Å². The van der Waals surface area contributed by atoms with Crippen LogP contribution in [0.4, 0.5) is 0 Å². The van der Waals surface area contributed by atoms with E-state index in [2.05, 4.69) is 21.0 Å². The number of carbonyl (C=O) groups is 1. The van der Waals surface area contributed by atoms with Crippen LogP contribution in [-0.4, -0.2) is 42.6 Å². The smallest absolute Gasteiger partial charge is 0.282 e. The number of carbonyl (C=O) groups excluding carboxylic acids is 1. The normalized spacial score (nSPS) is 12.2. The summed E-state index contributed by atoms with van der Waals surface area (Å²) in [5, 5.41) is 4.91. The Hall–Kier alpha value is -3.40. The number of hydrogen-bond donors (Lipinski definition) is 1. The van der Waals surface area contributed by atoms with E-state index < -0.39 is 5.91 Å². The molecule has 1 amide bonds. The Kier molecular flexibility index (Phi) is 7.70. The number of ether oxygens (including phenoxy) is 3. The van der Waals surface area contributed by atoms with E-state index in [1.54, 1.807) is 24.3 Å². The maximum atomic E-state index is 13.3. The molecule has 0 bridgehead atoms. The van der Waals surface area contributed by atoms with Crippen molar-refractivity contribution in [2.45, 2.75) is 26.2 Å². The number of hydrogen-bond acceptors (Lipinski definition) is 7. The summed E-state index contributed by atoms with van der Waals surface area (Å²) < 4.78 is 18.3. The summed E-state index contributed by atoms with van der Waals surface area (Å²) in [4.78, 5) is 29.1. The molecule has 10 heteroatoms. The highest BCUT2D eigenvalue weighted by Gasteiger charge is 2.17. The maximum Gasteiger partial charge on any atom is 0.282 e. The van der Waals surface area contributed by atoms with E-state index in [-0.39, 0.29) is 23.8 Å². The number of halogens is 1. The summed E-state index contributed by atoms with van der Waals surface area (Å²) in [6.07, 6.45) is 2.30. The number of amides is 1. The first-order valence-electron chi connectivity index (χ1n) is 10.2. The van der Waals surface area contributed by atoms with Crippen LogP contribution in [0.3, 0.4) is 0 Å². The molecular weight excluding hydrogens is 492 g/mol. The molecular formula is C23H25BrN4O5. The lowest BCUT2D eigenvalue weighted by Gasteiger charge is -2.15. The van der Waals surface area contributed by atoms with Gasteiger partial charge in [0.1, 0.15) is 5.82 Å². The largest absolute Gasteiger partial charge is 0.493 e. The van der Waals surface area contributed by atoms with Crippen LogP contribution in [0.5, 0.6) is 17.2 Å². The summed E-state index contributed by atoms with van der Waals surface area (Å²) in [5.41, 5.74) is 6.10. The molecule has 0 fully saturated rings. The molecule has 0 spiro atoms. The molecule has 2 N–H and O–H groups in total. The van der Waals surface area contributed by atoms with Crippen molar-refractivity contribution in [3.05, 3.63) is 56.5 Å². The zero-order valence-electron chi connectivity index (χ0n) is 18.8. The number of aromatic nitrogens is 2. The van der Waals surface area contributed by atoms with Gasteiger partial charge < -0.3 is 19.9 Å². The van der Waals surface area contributed by atoms with Crippen molar-refractivity contribution in [2.24, 2.45) is 10.8 Å². The monoisotopic (exact) mass is 516 g/mol. The summed E-state index contributed by atoms with van der Waals surface area (Å²) in [6.45, 7) is 3.69. The predicted octanol–water partition coefficient (Wildman–Crippen LogP) is 3.44. The molecule has 3 aromatic rings. The van der Waals surface area contributed by atoms with Gasteiger partial charge in [-0.15, -0.1) is 0 Å². The molecule has 0 aliphatic rings. The van der Waals surface area contributed by atoms with Gasteiger partial charge in [-0.05, 0) is 36.8 Å². The Balaban J connectivity index is 2.12. The van der Waals surface area contributed by atoms with E-state index in [1.807, 2.05) is 19.9 Å². The van der Waals surface area contributed by atoms with Crippen LogP contribution in [-0.2, 0) is 4.79 Å². The van der Waals surface area contributed by atoms with Gasteiger partial charge in [-0.25, -0.2) is 4.98 Å². The predicted molar refractivity (Wildman–Crippen MR) is 130 cm³/mol. The molecule has 0 radical (unpaired) electrons. The van der Waals surface area contributed by atoms with Crippen molar-refractivity contribution in [3.63, 3.8) is 0 Å². The Morgan fingerprint density at radius 1 is 1.24 bits per heavy atom. The Labute approximate surface area is 199 Å². The lowest BCUT2D eigenvalue weighted by Crippen LogP contribution is -2.23. The van der Waals surface area contributed by atoms with Crippen LogP contribution in [0.1, 0.15) is 37.6 Å². The SMILES string of the molecule is CC[C@@H](C)c1nc2ccc(Br)cc2c(=O)n1N=Cc1cc(OC)c(OCC(N)=O)c(OC)c1.